The minimum atomic E-state index is -0.277. The van der Waals surface area contributed by atoms with E-state index in [0.717, 1.165) is 5.57 Å². The van der Waals surface area contributed by atoms with E-state index in [4.69, 9.17) is 10.5 Å². The Morgan fingerprint density at radius 1 is 1.85 bits per heavy atom. The Hall–Kier alpha value is -0.870. The maximum absolute atomic E-state index is 11.0. The highest BCUT2D eigenvalue weighted by Gasteiger charge is 2.32. The van der Waals surface area contributed by atoms with Crippen LogP contribution in [0.4, 0.5) is 0 Å². The van der Waals surface area contributed by atoms with Crippen LogP contribution in [0.5, 0.6) is 0 Å². The molecule has 0 saturated carbocycles. The lowest BCUT2D eigenvalue weighted by molar-refractivity contribution is -0.143. The molecule has 1 aliphatic rings. The largest absolute Gasteiger partial charge is 0.375 e. The predicted octanol–water partition coefficient (Wildman–Crippen LogP) is -0.251. The summed E-state index contributed by atoms with van der Waals surface area (Å²) in [7, 11) is 0. The topological polar surface area (TPSA) is 55.6 Å². The molecule has 4 nitrogen and oxygen atoms in total. The standard InChI is InChI=1S/C9H16N2O2/c1-7(2)6-13-4-3-11-5-8(10)9(11)12/h8H,1,3-6,10H2,2H3. The second kappa shape index (κ2) is 4.39. The van der Waals surface area contributed by atoms with Crippen LogP contribution in [-0.2, 0) is 9.53 Å². The summed E-state index contributed by atoms with van der Waals surface area (Å²) in [6, 6.07) is -0.277. The fourth-order valence-corrected chi connectivity index (χ4v) is 1.15. The lowest BCUT2D eigenvalue weighted by Gasteiger charge is -2.35. The van der Waals surface area contributed by atoms with Crippen molar-refractivity contribution in [1.82, 2.24) is 4.90 Å². The average molecular weight is 184 g/mol. The smallest absolute Gasteiger partial charge is 0.241 e. The number of hydrogen-bond donors (Lipinski definition) is 1. The maximum atomic E-state index is 11.0. The molecule has 0 aromatic carbocycles. The summed E-state index contributed by atoms with van der Waals surface area (Å²) in [4.78, 5) is 12.7. The van der Waals surface area contributed by atoms with Crippen molar-refractivity contribution in [3.8, 4) is 0 Å². The second-order valence-corrected chi connectivity index (χ2v) is 3.40. The summed E-state index contributed by atoms with van der Waals surface area (Å²) >= 11 is 0. The first-order valence-electron chi connectivity index (χ1n) is 4.37. The molecule has 1 atom stereocenters. The lowest BCUT2D eigenvalue weighted by atomic mass is 10.1. The van der Waals surface area contributed by atoms with Crippen molar-refractivity contribution in [2.24, 2.45) is 5.73 Å². The Morgan fingerprint density at radius 2 is 2.54 bits per heavy atom. The van der Waals surface area contributed by atoms with Gasteiger partial charge in [0.2, 0.25) is 5.91 Å². The van der Waals surface area contributed by atoms with Gasteiger partial charge in [0, 0.05) is 13.1 Å². The van der Waals surface area contributed by atoms with Gasteiger partial charge in [-0.3, -0.25) is 4.79 Å². The van der Waals surface area contributed by atoms with E-state index < -0.39 is 0 Å². The minimum absolute atomic E-state index is 0.0268. The van der Waals surface area contributed by atoms with E-state index in [2.05, 4.69) is 6.58 Å². The molecule has 13 heavy (non-hydrogen) atoms. The monoisotopic (exact) mass is 184 g/mol. The Labute approximate surface area is 78.3 Å². The molecule has 1 fully saturated rings. The van der Waals surface area contributed by atoms with Crippen LogP contribution in [0, 0.1) is 0 Å². The zero-order valence-electron chi connectivity index (χ0n) is 7.95. The molecule has 0 aromatic heterocycles. The molecule has 4 heteroatoms. The summed E-state index contributed by atoms with van der Waals surface area (Å²) < 4.78 is 5.25. The number of ether oxygens (including phenoxy) is 1. The Morgan fingerprint density at radius 3 is 3.00 bits per heavy atom. The van der Waals surface area contributed by atoms with Gasteiger partial charge in [-0.2, -0.15) is 0 Å². The first kappa shape index (κ1) is 10.2. The van der Waals surface area contributed by atoms with Crippen LogP contribution < -0.4 is 5.73 Å². The first-order valence-corrected chi connectivity index (χ1v) is 4.37. The third-order valence-corrected chi connectivity index (χ3v) is 1.90. The molecule has 1 heterocycles. The minimum Gasteiger partial charge on any atom is -0.375 e. The number of carbonyl (C=O) groups is 1. The molecule has 2 N–H and O–H groups in total. The fraction of sp³-hybridized carbons (Fsp3) is 0.667. The quantitative estimate of drug-likeness (QED) is 0.364. The van der Waals surface area contributed by atoms with Gasteiger partial charge in [0.05, 0.1) is 13.2 Å². The number of rotatable bonds is 5. The van der Waals surface area contributed by atoms with Crippen LogP contribution in [-0.4, -0.2) is 43.2 Å². The van der Waals surface area contributed by atoms with E-state index in [1.54, 1.807) is 4.90 Å². The van der Waals surface area contributed by atoms with Gasteiger partial charge in [0.15, 0.2) is 0 Å². The van der Waals surface area contributed by atoms with Gasteiger partial charge in [-0.25, -0.2) is 0 Å². The number of nitrogens with two attached hydrogens (primary N) is 1. The SMILES string of the molecule is C=C(C)COCCN1CC(N)C1=O. The number of amides is 1. The predicted molar refractivity (Wildman–Crippen MR) is 50.2 cm³/mol. The molecule has 1 saturated heterocycles. The van der Waals surface area contributed by atoms with E-state index >= 15 is 0 Å². The third kappa shape index (κ3) is 2.82. The van der Waals surface area contributed by atoms with Crippen molar-refractivity contribution >= 4 is 5.91 Å². The highest BCUT2D eigenvalue weighted by Crippen LogP contribution is 2.06. The third-order valence-electron chi connectivity index (χ3n) is 1.90. The Kier molecular flexibility index (Phi) is 3.45. The van der Waals surface area contributed by atoms with Crippen LogP contribution in [0.2, 0.25) is 0 Å². The van der Waals surface area contributed by atoms with Gasteiger partial charge in [0.25, 0.3) is 0 Å². The van der Waals surface area contributed by atoms with Gasteiger partial charge in [0.1, 0.15) is 6.04 Å². The summed E-state index contributed by atoms with van der Waals surface area (Å²) in [6.07, 6.45) is 0. The number of carbonyl (C=O) groups excluding carboxylic acids is 1. The number of β-lactam (4-membered cyclic amide) rings is 1. The fourth-order valence-electron chi connectivity index (χ4n) is 1.15. The highest BCUT2D eigenvalue weighted by atomic mass is 16.5. The van der Waals surface area contributed by atoms with Crippen molar-refractivity contribution in [2.75, 3.05) is 26.3 Å². The molecule has 0 aromatic rings. The van der Waals surface area contributed by atoms with Crippen LogP contribution in [0.3, 0.4) is 0 Å². The van der Waals surface area contributed by atoms with Gasteiger partial charge in [-0.15, -0.1) is 0 Å². The molecule has 0 radical (unpaired) electrons. The van der Waals surface area contributed by atoms with Gasteiger partial charge >= 0.3 is 0 Å². The number of nitrogens with zero attached hydrogens (tertiary/aromatic N) is 1. The zero-order chi connectivity index (χ0) is 9.84. The molecule has 0 aliphatic carbocycles. The van der Waals surface area contributed by atoms with E-state index in [-0.39, 0.29) is 11.9 Å². The Balaban J connectivity index is 2.01. The van der Waals surface area contributed by atoms with Gasteiger partial charge < -0.3 is 15.4 Å². The second-order valence-electron chi connectivity index (χ2n) is 3.40. The van der Waals surface area contributed by atoms with Crippen molar-refractivity contribution in [1.29, 1.82) is 0 Å². The van der Waals surface area contributed by atoms with Crippen LogP contribution >= 0.6 is 0 Å². The molecule has 1 unspecified atom stereocenters. The van der Waals surface area contributed by atoms with E-state index in [1.165, 1.54) is 0 Å². The number of hydrogen-bond acceptors (Lipinski definition) is 3. The molecular weight excluding hydrogens is 168 g/mol. The molecular formula is C9H16N2O2. The summed E-state index contributed by atoms with van der Waals surface area (Å²) in [5.41, 5.74) is 6.41. The molecule has 1 amide bonds. The maximum Gasteiger partial charge on any atom is 0.241 e. The lowest BCUT2D eigenvalue weighted by Crippen LogP contribution is -2.61. The van der Waals surface area contributed by atoms with Crippen molar-refractivity contribution in [2.45, 2.75) is 13.0 Å². The zero-order valence-corrected chi connectivity index (χ0v) is 7.95. The first-order chi connectivity index (χ1) is 6.11. The van der Waals surface area contributed by atoms with Crippen LogP contribution in [0.15, 0.2) is 12.2 Å². The molecule has 0 bridgehead atoms. The van der Waals surface area contributed by atoms with Gasteiger partial charge in [-0.05, 0) is 6.92 Å². The Bertz CT molecular complexity index is 216. The van der Waals surface area contributed by atoms with E-state index in [1.807, 2.05) is 6.92 Å². The molecule has 0 spiro atoms. The van der Waals surface area contributed by atoms with Crippen LogP contribution in [0.25, 0.3) is 0 Å². The van der Waals surface area contributed by atoms with Crippen LogP contribution in [0.1, 0.15) is 6.92 Å². The normalized spacial score (nSPS) is 21.5. The van der Waals surface area contributed by atoms with Crippen molar-refractivity contribution < 1.29 is 9.53 Å². The highest BCUT2D eigenvalue weighted by molar-refractivity contribution is 5.87. The van der Waals surface area contributed by atoms with Crippen molar-refractivity contribution in [3.05, 3.63) is 12.2 Å². The molecule has 74 valence electrons. The molecule has 1 aliphatic heterocycles. The average Bonchev–Trinajstić information content (AvgIpc) is 2.09. The number of likely N-dealkylation sites (tertiary alicyclic amines) is 1. The summed E-state index contributed by atoms with van der Waals surface area (Å²) in [5.74, 6) is 0.0268. The molecule has 1 rings (SSSR count). The summed E-state index contributed by atoms with van der Waals surface area (Å²) in [5, 5.41) is 0. The van der Waals surface area contributed by atoms with E-state index in [9.17, 15) is 4.79 Å². The van der Waals surface area contributed by atoms with E-state index in [0.29, 0.717) is 26.3 Å². The summed E-state index contributed by atoms with van der Waals surface area (Å²) in [6.45, 7) is 8.04. The van der Waals surface area contributed by atoms with Crippen molar-refractivity contribution in [3.63, 3.8) is 0 Å². The van der Waals surface area contributed by atoms with Gasteiger partial charge in [-0.1, -0.05) is 12.2 Å².